The Bertz CT molecular complexity index is 10.0. The van der Waals surface area contributed by atoms with Crippen molar-refractivity contribution in [3.05, 3.63) is 0 Å². The maximum absolute atomic E-state index is 2.92. The predicted octanol–water partition coefficient (Wildman–Crippen LogP) is -0.0927. The van der Waals surface area contributed by atoms with Gasteiger partial charge in [0.05, 0.1) is 0 Å². The minimum atomic E-state index is 1.04. The van der Waals surface area contributed by atoms with Gasteiger partial charge < -0.3 is 5.23 Å². The highest BCUT2D eigenvalue weighted by atomic mass is 127. The van der Waals surface area contributed by atoms with E-state index in [1.807, 2.05) is 7.05 Å². The second-order valence-corrected chi connectivity index (χ2v) is 1.25. The van der Waals surface area contributed by atoms with Gasteiger partial charge in [0.2, 0.25) is 0 Å². The topological polar surface area (TPSA) is 12.0 Å². The van der Waals surface area contributed by atoms with E-state index < -0.39 is 0 Å². The molecule has 0 amide bonds. The standard InChI is InChI=1S/CH5BIN/c1-4-2-3/h2,4H,1H3. The van der Waals surface area contributed by atoms with Crippen molar-refractivity contribution in [1.29, 1.82) is 0 Å². The number of rotatable bonds is 1. The third-order valence-corrected chi connectivity index (χ3v) is 0.896. The van der Waals surface area contributed by atoms with Crippen molar-refractivity contribution in [2.24, 2.45) is 0 Å². The normalized spacial score (nSPS) is 6.50. The average molecular weight is 169 g/mol. The quantitative estimate of drug-likeness (QED) is 0.427. The van der Waals surface area contributed by atoms with Crippen LogP contribution in [0.25, 0.3) is 0 Å². The van der Waals surface area contributed by atoms with Crippen LogP contribution in [-0.4, -0.2) is 12.3 Å². The lowest BCUT2D eigenvalue weighted by molar-refractivity contribution is 1.27. The molecule has 0 radical (unpaired) electrons. The molecule has 1 N–H and O–H groups in total. The highest BCUT2D eigenvalue weighted by molar-refractivity contribution is 14.1. The summed E-state index contributed by atoms with van der Waals surface area (Å²) in [7, 11) is 1.92. The fraction of sp³-hybridized carbons (Fsp3) is 1.00. The Labute approximate surface area is 40.3 Å². The molecular weight excluding hydrogens is 164 g/mol. The van der Waals surface area contributed by atoms with E-state index in [1.165, 1.54) is 0 Å². The molecule has 1 nitrogen and oxygen atoms in total. The van der Waals surface area contributed by atoms with Crippen molar-refractivity contribution < 1.29 is 0 Å². The number of hydrogen-bond acceptors (Lipinski definition) is 1. The molecular formula is CH5BIN. The van der Waals surface area contributed by atoms with Gasteiger partial charge in [-0.15, -0.1) is 22.4 Å². The largest absolute Gasteiger partial charge is 0.352 e. The molecule has 0 unspecified atom stereocenters. The molecule has 0 saturated heterocycles. The van der Waals surface area contributed by atoms with Gasteiger partial charge in [0.15, 0.2) is 0 Å². The summed E-state index contributed by atoms with van der Waals surface area (Å²) < 4.78 is 0. The first-order valence-electron chi connectivity index (χ1n) is 1.12. The van der Waals surface area contributed by atoms with Crippen molar-refractivity contribution in [2.75, 3.05) is 7.05 Å². The molecule has 0 fully saturated rings. The van der Waals surface area contributed by atoms with Gasteiger partial charge in [0.25, 0.3) is 5.27 Å². The fourth-order valence-corrected chi connectivity index (χ4v) is 0. The van der Waals surface area contributed by atoms with Crippen LogP contribution in [0.5, 0.6) is 0 Å². The molecule has 3 heteroatoms. The summed E-state index contributed by atoms with van der Waals surface area (Å²) in [4.78, 5) is 0. The summed E-state index contributed by atoms with van der Waals surface area (Å²) in [6, 6.07) is 0. The summed E-state index contributed by atoms with van der Waals surface area (Å²) in [6.07, 6.45) is 0. The predicted molar refractivity (Wildman–Crippen MR) is 30.2 cm³/mol. The third-order valence-electron chi connectivity index (χ3n) is 0.134. The summed E-state index contributed by atoms with van der Waals surface area (Å²) in [5.41, 5.74) is 0. The number of halogens is 1. The molecule has 4 heavy (non-hydrogen) atoms. The molecule has 0 aromatic carbocycles. The number of hydrogen-bond donors (Lipinski definition) is 1. The van der Waals surface area contributed by atoms with Crippen LogP contribution in [0.1, 0.15) is 0 Å². The SMILES string of the molecule is CNBI. The van der Waals surface area contributed by atoms with E-state index in [2.05, 4.69) is 27.6 Å². The molecule has 0 rings (SSSR count). The first-order valence-corrected chi connectivity index (χ1v) is 2.65. The van der Waals surface area contributed by atoms with E-state index in [4.69, 9.17) is 0 Å². The molecule has 0 spiro atoms. The van der Waals surface area contributed by atoms with Crippen molar-refractivity contribution in [3.63, 3.8) is 0 Å². The van der Waals surface area contributed by atoms with Crippen LogP contribution in [0.3, 0.4) is 0 Å². The van der Waals surface area contributed by atoms with Crippen LogP contribution in [0, 0.1) is 0 Å². The van der Waals surface area contributed by atoms with Crippen molar-refractivity contribution in [1.82, 2.24) is 5.23 Å². The zero-order valence-corrected chi connectivity index (χ0v) is 4.74. The lowest BCUT2D eigenvalue weighted by Gasteiger charge is -1.70. The highest BCUT2D eigenvalue weighted by Crippen LogP contribution is 1.60. The molecule has 0 bridgehead atoms. The second-order valence-electron chi connectivity index (χ2n) is 0.487. The summed E-state index contributed by atoms with van der Waals surface area (Å²) in [6.45, 7) is 0. The summed E-state index contributed by atoms with van der Waals surface area (Å²) in [5, 5.41) is 3.96. The van der Waals surface area contributed by atoms with Crippen molar-refractivity contribution >= 4 is 27.6 Å². The Kier molecular flexibility index (Phi) is 4.46. The van der Waals surface area contributed by atoms with Gasteiger partial charge in [-0.25, -0.2) is 0 Å². The van der Waals surface area contributed by atoms with Crippen LogP contribution < -0.4 is 5.23 Å². The van der Waals surface area contributed by atoms with Gasteiger partial charge in [-0.05, 0) is 7.05 Å². The number of nitrogens with one attached hydrogen (secondary N) is 1. The third kappa shape index (κ3) is 2.75. The summed E-state index contributed by atoms with van der Waals surface area (Å²) in [5.74, 6) is 0. The van der Waals surface area contributed by atoms with Crippen molar-refractivity contribution in [3.8, 4) is 0 Å². The van der Waals surface area contributed by atoms with Crippen molar-refractivity contribution in [2.45, 2.75) is 0 Å². The molecule has 0 heterocycles. The van der Waals surface area contributed by atoms with E-state index in [9.17, 15) is 0 Å². The minimum absolute atomic E-state index is 1.04. The van der Waals surface area contributed by atoms with Gasteiger partial charge >= 0.3 is 0 Å². The van der Waals surface area contributed by atoms with Crippen LogP contribution in [0.15, 0.2) is 0 Å². The van der Waals surface area contributed by atoms with Gasteiger partial charge in [-0.2, -0.15) is 0 Å². The maximum Gasteiger partial charge on any atom is 0.277 e. The zero-order valence-electron chi connectivity index (χ0n) is 2.59. The highest BCUT2D eigenvalue weighted by Gasteiger charge is 1.60. The Hall–Kier alpha value is 0.755. The first kappa shape index (κ1) is 4.75. The molecule has 0 aromatic heterocycles. The Balaban J connectivity index is 1.97. The average Bonchev–Trinajstić information content (AvgIpc) is 1.37. The lowest BCUT2D eigenvalue weighted by Crippen LogP contribution is -2.03. The van der Waals surface area contributed by atoms with Crippen LogP contribution in [-0.2, 0) is 0 Å². The molecule has 0 aliphatic heterocycles. The smallest absolute Gasteiger partial charge is 0.277 e. The lowest BCUT2D eigenvalue weighted by atomic mass is 10.5. The fourth-order valence-electron chi connectivity index (χ4n) is 0. The first-order chi connectivity index (χ1) is 1.91. The maximum atomic E-state index is 2.92. The molecule has 0 saturated carbocycles. The van der Waals surface area contributed by atoms with Crippen LogP contribution in [0.4, 0.5) is 0 Å². The van der Waals surface area contributed by atoms with Gasteiger partial charge in [-0.3, -0.25) is 0 Å². The molecule has 24 valence electrons. The van der Waals surface area contributed by atoms with E-state index in [-0.39, 0.29) is 0 Å². The monoisotopic (exact) mass is 169 g/mol. The minimum Gasteiger partial charge on any atom is -0.352 e. The molecule has 0 aromatic rings. The van der Waals surface area contributed by atoms with E-state index in [0.717, 1.165) is 5.27 Å². The van der Waals surface area contributed by atoms with E-state index >= 15 is 0 Å². The molecule has 0 aliphatic rings. The zero-order chi connectivity index (χ0) is 3.41. The Morgan fingerprint density at radius 2 is 2.25 bits per heavy atom. The van der Waals surface area contributed by atoms with Gasteiger partial charge in [-0.1, -0.05) is 0 Å². The van der Waals surface area contributed by atoms with Gasteiger partial charge in [0.1, 0.15) is 0 Å². The Morgan fingerprint density at radius 1 is 2.00 bits per heavy atom. The second kappa shape index (κ2) is 3.75. The van der Waals surface area contributed by atoms with E-state index in [1.54, 1.807) is 0 Å². The van der Waals surface area contributed by atoms with Gasteiger partial charge in [0, 0.05) is 0 Å². The van der Waals surface area contributed by atoms with Crippen LogP contribution >= 0.6 is 22.4 Å². The molecule has 0 atom stereocenters. The van der Waals surface area contributed by atoms with Crippen LogP contribution in [0.2, 0.25) is 0 Å². The van der Waals surface area contributed by atoms with E-state index in [0.29, 0.717) is 0 Å². The molecule has 0 aliphatic carbocycles. The summed E-state index contributed by atoms with van der Waals surface area (Å²) >= 11 is 2.24. The Morgan fingerprint density at radius 3 is 2.25 bits per heavy atom.